The van der Waals surface area contributed by atoms with Crippen LogP contribution < -0.4 is 10.0 Å². The van der Waals surface area contributed by atoms with Gasteiger partial charge in [0.15, 0.2) is 5.13 Å². The zero-order valence-corrected chi connectivity index (χ0v) is 13.8. The number of nitrogens with one attached hydrogen (secondary N) is 2. The summed E-state index contributed by atoms with van der Waals surface area (Å²) >= 11 is 1.38. The molecular formula is C12H22N4O2S2. The van der Waals surface area contributed by atoms with E-state index in [1.165, 1.54) is 15.6 Å². The van der Waals surface area contributed by atoms with Gasteiger partial charge in [0, 0.05) is 18.0 Å². The minimum atomic E-state index is -3.49. The summed E-state index contributed by atoms with van der Waals surface area (Å²) in [5, 5.41) is 3.57. The van der Waals surface area contributed by atoms with Gasteiger partial charge in [-0.2, -0.15) is 12.7 Å². The Hall–Kier alpha value is -0.700. The minimum absolute atomic E-state index is 0.380. The van der Waals surface area contributed by atoms with E-state index in [-0.39, 0.29) is 0 Å². The van der Waals surface area contributed by atoms with Crippen molar-refractivity contribution in [2.45, 2.75) is 26.7 Å². The summed E-state index contributed by atoms with van der Waals surface area (Å²) in [4.78, 5) is 5.27. The molecule has 8 heteroatoms. The highest BCUT2D eigenvalue weighted by Gasteiger charge is 2.29. The smallest absolute Gasteiger partial charge is 0.303 e. The van der Waals surface area contributed by atoms with Crippen LogP contribution in [0.4, 0.5) is 5.13 Å². The Balaban J connectivity index is 2.05. The Labute approximate surface area is 124 Å². The SMILES string of the molecule is CNCC1CCCN(S(=O)(=O)Nc2nc(C)c(C)s2)C1. The molecule has 1 saturated heterocycles. The molecule has 1 fully saturated rings. The summed E-state index contributed by atoms with van der Waals surface area (Å²) in [6, 6.07) is 0. The predicted octanol–water partition coefficient (Wildman–Crippen LogP) is 1.35. The number of rotatable bonds is 5. The van der Waals surface area contributed by atoms with Gasteiger partial charge < -0.3 is 5.32 Å². The van der Waals surface area contributed by atoms with Crippen molar-refractivity contribution in [2.75, 3.05) is 31.4 Å². The van der Waals surface area contributed by atoms with Gasteiger partial charge in [-0.3, -0.25) is 0 Å². The molecule has 1 aromatic rings. The second-order valence-corrected chi connectivity index (χ2v) is 8.07. The van der Waals surface area contributed by atoms with E-state index < -0.39 is 10.2 Å². The molecule has 2 rings (SSSR count). The van der Waals surface area contributed by atoms with Gasteiger partial charge in [0.1, 0.15) is 0 Å². The van der Waals surface area contributed by atoms with E-state index >= 15 is 0 Å². The van der Waals surface area contributed by atoms with Gasteiger partial charge in [-0.25, -0.2) is 9.71 Å². The minimum Gasteiger partial charge on any atom is -0.319 e. The summed E-state index contributed by atoms with van der Waals surface area (Å²) in [6.07, 6.45) is 1.98. The van der Waals surface area contributed by atoms with Gasteiger partial charge in [-0.1, -0.05) is 0 Å². The van der Waals surface area contributed by atoms with Crippen molar-refractivity contribution in [3.8, 4) is 0 Å². The maximum Gasteiger partial charge on any atom is 0.303 e. The molecule has 1 atom stereocenters. The van der Waals surface area contributed by atoms with Gasteiger partial charge in [0.25, 0.3) is 0 Å². The van der Waals surface area contributed by atoms with Crippen LogP contribution in [0.1, 0.15) is 23.4 Å². The Morgan fingerprint density at radius 3 is 2.80 bits per heavy atom. The van der Waals surface area contributed by atoms with E-state index in [4.69, 9.17) is 0 Å². The zero-order valence-electron chi connectivity index (χ0n) is 12.1. The Bertz CT molecular complexity index is 534. The first-order valence-corrected chi connectivity index (χ1v) is 9.04. The summed E-state index contributed by atoms with van der Waals surface area (Å²) in [5.41, 5.74) is 0.874. The topological polar surface area (TPSA) is 74.3 Å². The molecule has 20 heavy (non-hydrogen) atoms. The van der Waals surface area contributed by atoms with E-state index in [2.05, 4.69) is 15.0 Å². The molecule has 1 unspecified atom stereocenters. The first-order chi connectivity index (χ1) is 9.42. The van der Waals surface area contributed by atoms with Crippen LogP contribution in [-0.2, 0) is 10.2 Å². The fourth-order valence-corrected chi connectivity index (χ4v) is 4.71. The fraction of sp³-hybridized carbons (Fsp3) is 0.750. The molecule has 1 aromatic heterocycles. The van der Waals surface area contributed by atoms with Crippen molar-refractivity contribution in [1.82, 2.24) is 14.6 Å². The summed E-state index contributed by atoms with van der Waals surface area (Å²) in [6.45, 7) is 5.82. The van der Waals surface area contributed by atoms with Crippen molar-refractivity contribution < 1.29 is 8.42 Å². The molecule has 2 heterocycles. The van der Waals surface area contributed by atoms with Crippen LogP contribution in [0.3, 0.4) is 0 Å². The standard InChI is InChI=1S/C12H22N4O2S2/c1-9-10(2)19-12(14-9)15-20(17,18)16-6-4-5-11(8-16)7-13-3/h11,13H,4-8H2,1-3H3,(H,14,15). The third kappa shape index (κ3) is 3.69. The zero-order chi connectivity index (χ0) is 14.8. The third-order valence-electron chi connectivity index (χ3n) is 3.56. The maximum atomic E-state index is 12.4. The van der Waals surface area contributed by atoms with E-state index in [1.807, 2.05) is 20.9 Å². The van der Waals surface area contributed by atoms with Crippen molar-refractivity contribution in [3.63, 3.8) is 0 Å². The third-order valence-corrected chi connectivity index (χ3v) is 6.14. The highest BCUT2D eigenvalue weighted by molar-refractivity contribution is 7.90. The van der Waals surface area contributed by atoms with Gasteiger partial charge in [0.2, 0.25) is 0 Å². The van der Waals surface area contributed by atoms with Crippen LogP contribution in [0.5, 0.6) is 0 Å². The van der Waals surface area contributed by atoms with Crippen molar-refractivity contribution >= 4 is 26.7 Å². The lowest BCUT2D eigenvalue weighted by atomic mass is 10.00. The summed E-state index contributed by atoms with van der Waals surface area (Å²) < 4.78 is 28.9. The molecular weight excluding hydrogens is 296 g/mol. The number of thiazole rings is 1. The van der Waals surface area contributed by atoms with Gasteiger partial charge >= 0.3 is 10.2 Å². The maximum absolute atomic E-state index is 12.4. The number of aryl methyl sites for hydroxylation is 2. The molecule has 0 saturated carbocycles. The molecule has 1 aliphatic heterocycles. The predicted molar refractivity (Wildman–Crippen MR) is 82.4 cm³/mol. The van der Waals surface area contributed by atoms with Gasteiger partial charge in [-0.15, -0.1) is 11.3 Å². The Kier molecular flexibility index (Phi) is 5.00. The monoisotopic (exact) mass is 318 g/mol. The van der Waals surface area contributed by atoms with Crippen molar-refractivity contribution in [2.24, 2.45) is 5.92 Å². The molecule has 0 amide bonds. The quantitative estimate of drug-likeness (QED) is 0.859. The van der Waals surface area contributed by atoms with E-state index in [0.717, 1.165) is 30.0 Å². The van der Waals surface area contributed by atoms with E-state index in [1.54, 1.807) is 0 Å². The molecule has 2 N–H and O–H groups in total. The number of anilines is 1. The summed E-state index contributed by atoms with van der Waals surface area (Å²) in [5.74, 6) is 0.380. The highest BCUT2D eigenvalue weighted by atomic mass is 32.2. The second kappa shape index (κ2) is 6.38. The average molecular weight is 318 g/mol. The van der Waals surface area contributed by atoms with Crippen LogP contribution in [0.25, 0.3) is 0 Å². The largest absolute Gasteiger partial charge is 0.319 e. The molecule has 6 nitrogen and oxygen atoms in total. The highest BCUT2D eigenvalue weighted by Crippen LogP contribution is 2.24. The Morgan fingerprint density at radius 1 is 1.45 bits per heavy atom. The van der Waals surface area contributed by atoms with Crippen LogP contribution in [0, 0.1) is 19.8 Å². The molecule has 0 bridgehead atoms. The summed E-state index contributed by atoms with van der Waals surface area (Å²) in [7, 11) is -1.59. The van der Waals surface area contributed by atoms with Crippen LogP contribution in [0.15, 0.2) is 0 Å². The number of nitrogens with zero attached hydrogens (tertiary/aromatic N) is 2. The number of aromatic nitrogens is 1. The van der Waals surface area contributed by atoms with Gasteiger partial charge in [-0.05, 0) is 46.2 Å². The lowest BCUT2D eigenvalue weighted by Crippen LogP contribution is -2.44. The number of piperidine rings is 1. The van der Waals surface area contributed by atoms with Crippen molar-refractivity contribution in [1.29, 1.82) is 0 Å². The first kappa shape index (κ1) is 15.7. The molecule has 1 aliphatic rings. The van der Waals surface area contributed by atoms with E-state index in [0.29, 0.717) is 24.1 Å². The lowest BCUT2D eigenvalue weighted by molar-refractivity contribution is 0.264. The molecule has 0 aromatic carbocycles. The second-order valence-electron chi connectivity index (χ2n) is 5.19. The van der Waals surface area contributed by atoms with Crippen LogP contribution >= 0.6 is 11.3 Å². The lowest BCUT2D eigenvalue weighted by Gasteiger charge is -2.31. The Morgan fingerprint density at radius 2 is 2.20 bits per heavy atom. The normalized spacial score (nSPS) is 21.1. The molecule has 0 spiro atoms. The first-order valence-electron chi connectivity index (χ1n) is 6.79. The van der Waals surface area contributed by atoms with E-state index in [9.17, 15) is 8.42 Å². The molecule has 0 radical (unpaired) electrons. The molecule has 0 aliphatic carbocycles. The van der Waals surface area contributed by atoms with Crippen LogP contribution in [-0.4, -0.2) is 44.4 Å². The average Bonchev–Trinajstić information content (AvgIpc) is 2.68. The van der Waals surface area contributed by atoms with Gasteiger partial charge in [0.05, 0.1) is 5.69 Å². The van der Waals surface area contributed by atoms with Crippen molar-refractivity contribution in [3.05, 3.63) is 10.6 Å². The molecule has 114 valence electrons. The fourth-order valence-electron chi connectivity index (χ4n) is 2.39. The number of hydrogen-bond acceptors (Lipinski definition) is 5. The van der Waals surface area contributed by atoms with Crippen LogP contribution in [0.2, 0.25) is 0 Å². The number of hydrogen-bond donors (Lipinski definition) is 2.